The van der Waals surface area contributed by atoms with Crippen molar-refractivity contribution in [3.8, 4) is 6.07 Å². The van der Waals surface area contributed by atoms with E-state index in [1.54, 1.807) is 0 Å². The van der Waals surface area contributed by atoms with Gasteiger partial charge in [-0.1, -0.05) is 31.9 Å². The van der Waals surface area contributed by atoms with Crippen molar-refractivity contribution in [1.82, 2.24) is 4.98 Å². The summed E-state index contributed by atoms with van der Waals surface area (Å²) in [7, 11) is 0. The van der Waals surface area contributed by atoms with E-state index in [2.05, 4.69) is 18.0 Å². The maximum absolute atomic E-state index is 12.1. The number of fused-ring (bicyclic) bond motifs is 1. The standard InChI is InChI=1S/C15H16N2OS/c1-2-3-4-8-13(18)11(10-16)15-17-12-7-5-6-9-14(12)19-15/h5-7,9,11H,2-4,8H2,1H3. The lowest BCUT2D eigenvalue weighted by Crippen LogP contribution is -2.10. The number of rotatable bonds is 6. The predicted molar refractivity (Wildman–Crippen MR) is 77.1 cm³/mol. The molecule has 0 saturated heterocycles. The summed E-state index contributed by atoms with van der Waals surface area (Å²) in [5.74, 6) is -0.704. The van der Waals surface area contributed by atoms with Crippen LogP contribution < -0.4 is 0 Å². The van der Waals surface area contributed by atoms with Crippen LogP contribution in [0.5, 0.6) is 0 Å². The molecule has 0 spiro atoms. The second-order valence-corrected chi connectivity index (χ2v) is 5.57. The van der Waals surface area contributed by atoms with E-state index in [4.69, 9.17) is 0 Å². The van der Waals surface area contributed by atoms with Gasteiger partial charge in [0.2, 0.25) is 0 Å². The Morgan fingerprint density at radius 3 is 2.89 bits per heavy atom. The zero-order valence-corrected chi connectivity index (χ0v) is 11.7. The van der Waals surface area contributed by atoms with Gasteiger partial charge >= 0.3 is 0 Å². The molecule has 0 N–H and O–H groups in total. The van der Waals surface area contributed by atoms with Gasteiger partial charge in [-0.15, -0.1) is 11.3 Å². The lowest BCUT2D eigenvalue weighted by atomic mass is 10.0. The van der Waals surface area contributed by atoms with Gasteiger partial charge in [0.1, 0.15) is 5.01 Å². The molecule has 2 aromatic rings. The van der Waals surface area contributed by atoms with Crippen LogP contribution >= 0.6 is 11.3 Å². The highest BCUT2D eigenvalue weighted by Crippen LogP contribution is 2.28. The number of carbonyl (C=O) groups is 1. The van der Waals surface area contributed by atoms with Crippen molar-refractivity contribution in [3.63, 3.8) is 0 Å². The fourth-order valence-corrected chi connectivity index (χ4v) is 3.01. The van der Waals surface area contributed by atoms with Crippen molar-refractivity contribution in [2.24, 2.45) is 0 Å². The first-order chi connectivity index (χ1) is 9.26. The third kappa shape index (κ3) is 3.18. The summed E-state index contributed by atoms with van der Waals surface area (Å²) in [6, 6.07) is 9.83. The van der Waals surface area contributed by atoms with Gasteiger partial charge in [-0.25, -0.2) is 4.98 Å². The molecular weight excluding hydrogens is 256 g/mol. The van der Waals surface area contributed by atoms with Crippen molar-refractivity contribution in [2.75, 3.05) is 0 Å². The number of nitriles is 1. The first-order valence-electron chi connectivity index (χ1n) is 6.54. The zero-order chi connectivity index (χ0) is 13.7. The van der Waals surface area contributed by atoms with Gasteiger partial charge in [0, 0.05) is 6.42 Å². The van der Waals surface area contributed by atoms with Crippen LogP contribution in [0.1, 0.15) is 43.5 Å². The number of thiazole rings is 1. The molecule has 1 heterocycles. The maximum atomic E-state index is 12.1. The molecule has 0 radical (unpaired) electrons. The van der Waals surface area contributed by atoms with Crippen molar-refractivity contribution in [3.05, 3.63) is 29.3 Å². The molecule has 2 rings (SSSR count). The SMILES string of the molecule is CCCCCC(=O)C(C#N)c1nc2ccccc2s1. The van der Waals surface area contributed by atoms with E-state index >= 15 is 0 Å². The molecule has 1 aromatic heterocycles. The summed E-state index contributed by atoms with van der Waals surface area (Å²) >= 11 is 1.44. The van der Waals surface area contributed by atoms with Crippen molar-refractivity contribution in [1.29, 1.82) is 5.26 Å². The largest absolute Gasteiger partial charge is 0.298 e. The Morgan fingerprint density at radius 2 is 2.21 bits per heavy atom. The molecule has 0 aliphatic carbocycles. The summed E-state index contributed by atoms with van der Waals surface area (Å²) in [6.07, 6.45) is 3.44. The van der Waals surface area contributed by atoms with E-state index < -0.39 is 5.92 Å². The Labute approximate surface area is 116 Å². The number of hydrogen-bond acceptors (Lipinski definition) is 4. The molecule has 1 unspecified atom stereocenters. The van der Waals surface area contributed by atoms with Crippen LogP contribution in [0.25, 0.3) is 10.2 Å². The number of nitrogens with zero attached hydrogens (tertiary/aromatic N) is 2. The van der Waals surface area contributed by atoms with Gasteiger partial charge < -0.3 is 0 Å². The van der Waals surface area contributed by atoms with E-state index in [0.29, 0.717) is 11.4 Å². The number of ketones is 1. The van der Waals surface area contributed by atoms with Crippen LogP contribution in [0.2, 0.25) is 0 Å². The molecule has 0 saturated carbocycles. The summed E-state index contributed by atoms with van der Waals surface area (Å²) in [6.45, 7) is 2.10. The average molecular weight is 272 g/mol. The van der Waals surface area contributed by atoms with E-state index in [9.17, 15) is 10.1 Å². The monoisotopic (exact) mass is 272 g/mol. The molecule has 0 amide bonds. The Kier molecular flexibility index (Phi) is 4.64. The summed E-state index contributed by atoms with van der Waals surface area (Å²) in [4.78, 5) is 16.5. The molecule has 1 atom stereocenters. The van der Waals surface area contributed by atoms with E-state index in [-0.39, 0.29) is 5.78 Å². The van der Waals surface area contributed by atoms with Gasteiger partial charge in [-0.3, -0.25) is 4.79 Å². The minimum Gasteiger partial charge on any atom is -0.298 e. The van der Waals surface area contributed by atoms with E-state index in [1.165, 1.54) is 11.3 Å². The molecular formula is C15H16N2OS. The van der Waals surface area contributed by atoms with Gasteiger partial charge in [0.05, 0.1) is 16.3 Å². The lowest BCUT2D eigenvalue weighted by molar-refractivity contribution is -0.119. The molecule has 98 valence electrons. The number of unbranched alkanes of at least 4 members (excludes halogenated alkanes) is 2. The topological polar surface area (TPSA) is 53.8 Å². The quantitative estimate of drug-likeness (QED) is 0.745. The van der Waals surface area contributed by atoms with Crippen LogP contribution in [-0.4, -0.2) is 10.8 Å². The number of benzene rings is 1. The van der Waals surface area contributed by atoms with Crippen molar-refractivity contribution < 1.29 is 4.79 Å². The van der Waals surface area contributed by atoms with Gasteiger partial charge in [0.25, 0.3) is 0 Å². The van der Waals surface area contributed by atoms with Crippen LogP contribution in [0.4, 0.5) is 0 Å². The second-order valence-electron chi connectivity index (χ2n) is 4.51. The van der Waals surface area contributed by atoms with Gasteiger partial charge in [-0.2, -0.15) is 5.26 Å². The fraction of sp³-hybridized carbons (Fsp3) is 0.400. The molecule has 0 fully saturated rings. The predicted octanol–water partition coefficient (Wildman–Crippen LogP) is 4.05. The highest BCUT2D eigenvalue weighted by molar-refractivity contribution is 7.18. The van der Waals surface area contributed by atoms with Crippen LogP contribution in [0.3, 0.4) is 0 Å². The Morgan fingerprint density at radius 1 is 1.42 bits per heavy atom. The molecule has 19 heavy (non-hydrogen) atoms. The molecule has 0 bridgehead atoms. The van der Waals surface area contributed by atoms with Gasteiger partial charge in [0.15, 0.2) is 11.7 Å². The first kappa shape index (κ1) is 13.7. The Hall–Kier alpha value is -1.73. The number of hydrogen-bond donors (Lipinski definition) is 0. The summed E-state index contributed by atoms with van der Waals surface area (Å²) < 4.78 is 1.03. The zero-order valence-electron chi connectivity index (χ0n) is 10.9. The third-order valence-corrected chi connectivity index (χ3v) is 4.14. The van der Waals surface area contributed by atoms with E-state index in [0.717, 1.165) is 29.5 Å². The smallest absolute Gasteiger partial charge is 0.156 e. The maximum Gasteiger partial charge on any atom is 0.156 e. The minimum atomic E-state index is -0.700. The molecule has 0 aliphatic heterocycles. The molecule has 4 heteroatoms. The van der Waals surface area contributed by atoms with E-state index in [1.807, 2.05) is 24.3 Å². The highest BCUT2D eigenvalue weighted by atomic mass is 32.1. The molecule has 1 aromatic carbocycles. The lowest BCUT2D eigenvalue weighted by Gasteiger charge is -2.04. The number of aromatic nitrogens is 1. The van der Waals surface area contributed by atoms with Crippen LogP contribution in [0, 0.1) is 11.3 Å². The number of Topliss-reactive ketones (excluding diaryl/α,β-unsaturated/α-hetero) is 1. The van der Waals surface area contributed by atoms with Crippen molar-refractivity contribution >= 4 is 27.3 Å². The summed E-state index contributed by atoms with van der Waals surface area (Å²) in [5.41, 5.74) is 0.865. The first-order valence-corrected chi connectivity index (χ1v) is 7.35. The molecule has 3 nitrogen and oxygen atoms in total. The summed E-state index contributed by atoms with van der Waals surface area (Å²) in [5, 5.41) is 9.86. The molecule has 0 aliphatic rings. The second kappa shape index (κ2) is 6.44. The van der Waals surface area contributed by atoms with Gasteiger partial charge in [-0.05, 0) is 18.6 Å². The Bertz CT molecular complexity index is 579. The minimum absolute atomic E-state index is 0.00462. The third-order valence-electron chi connectivity index (χ3n) is 3.04. The average Bonchev–Trinajstić information content (AvgIpc) is 2.83. The Balaban J connectivity index is 2.17. The number of carbonyl (C=O) groups excluding carboxylic acids is 1. The normalized spacial score (nSPS) is 12.2. The van der Waals surface area contributed by atoms with Crippen LogP contribution in [0.15, 0.2) is 24.3 Å². The number of para-hydroxylation sites is 1. The highest BCUT2D eigenvalue weighted by Gasteiger charge is 2.23. The fourth-order valence-electron chi connectivity index (χ4n) is 1.97. The van der Waals surface area contributed by atoms with Crippen molar-refractivity contribution in [2.45, 2.75) is 38.5 Å². The van der Waals surface area contributed by atoms with Crippen LogP contribution in [-0.2, 0) is 4.79 Å².